The third kappa shape index (κ3) is 4.97. The summed E-state index contributed by atoms with van der Waals surface area (Å²) in [7, 11) is -1.21. The molecule has 0 unspecified atom stereocenters. The van der Waals surface area contributed by atoms with Crippen LogP contribution >= 0.6 is 11.6 Å². The Morgan fingerprint density at radius 1 is 1.22 bits per heavy atom. The lowest BCUT2D eigenvalue weighted by Crippen LogP contribution is -2.31. The quantitative estimate of drug-likeness (QED) is 0.264. The first-order chi connectivity index (χ1) is 15.2. The predicted octanol–water partition coefficient (Wildman–Crippen LogP) is 5.88. The number of amides is 1. The van der Waals surface area contributed by atoms with Crippen LogP contribution in [0.1, 0.15) is 24.7 Å². The molecule has 1 N–H and O–H groups in total. The minimum atomic E-state index is -1.21. The molecule has 0 saturated carbocycles. The molecule has 1 aliphatic rings. The Morgan fingerprint density at radius 2 is 2.03 bits per heavy atom. The van der Waals surface area contributed by atoms with Gasteiger partial charge in [0.1, 0.15) is 17.7 Å². The fourth-order valence-corrected chi connectivity index (χ4v) is 5.02. The van der Waals surface area contributed by atoms with E-state index in [0.717, 1.165) is 46.7 Å². The van der Waals surface area contributed by atoms with Crippen LogP contribution < -0.4 is 0 Å². The Morgan fingerprint density at radius 3 is 2.78 bits per heavy atom. The highest BCUT2D eigenvalue weighted by atomic mass is 35.5. The van der Waals surface area contributed by atoms with Crippen LogP contribution in [0, 0.1) is 0 Å². The molecule has 3 aromatic rings. The van der Waals surface area contributed by atoms with Crippen molar-refractivity contribution >= 4 is 36.5 Å². The summed E-state index contributed by atoms with van der Waals surface area (Å²) in [6.45, 7) is 8.52. The molecular formula is C23H29ClN4O3Si. The minimum Gasteiger partial charge on any atom is -0.465 e. The smallest absolute Gasteiger partial charge is 0.407 e. The molecule has 2 aromatic heterocycles. The summed E-state index contributed by atoms with van der Waals surface area (Å²) in [5.74, 6) is 0.738. The van der Waals surface area contributed by atoms with E-state index in [0.29, 0.717) is 25.0 Å². The summed E-state index contributed by atoms with van der Waals surface area (Å²) in [4.78, 5) is 22.1. The first kappa shape index (κ1) is 22.8. The van der Waals surface area contributed by atoms with Gasteiger partial charge < -0.3 is 14.4 Å². The average molecular weight is 473 g/mol. The van der Waals surface area contributed by atoms with Crippen LogP contribution in [0.15, 0.2) is 36.7 Å². The van der Waals surface area contributed by atoms with Gasteiger partial charge in [0.05, 0.1) is 17.9 Å². The summed E-state index contributed by atoms with van der Waals surface area (Å²) < 4.78 is 8.11. The van der Waals surface area contributed by atoms with Gasteiger partial charge in [-0.1, -0.05) is 43.4 Å². The van der Waals surface area contributed by atoms with E-state index in [9.17, 15) is 9.90 Å². The van der Waals surface area contributed by atoms with Gasteiger partial charge in [0, 0.05) is 38.4 Å². The number of halogens is 1. The standard InChI is InChI=1S/C23H29ClN4O3Si/c1-32(2,3)10-9-31-15-28-20(14-26-22(28)19-5-4-8-27(19)23(29)30)17-7-6-16-12-21(24)25-13-18(16)11-17/h6-7,11-14,19H,4-5,8-10,15H2,1-3H3,(H,29,30)/t19-/m0/s1. The van der Waals surface area contributed by atoms with E-state index < -0.39 is 14.2 Å². The van der Waals surface area contributed by atoms with Crippen LogP contribution in [0.2, 0.25) is 30.8 Å². The van der Waals surface area contributed by atoms with Crippen molar-refractivity contribution in [2.75, 3.05) is 13.2 Å². The Labute approximate surface area is 194 Å². The lowest BCUT2D eigenvalue weighted by Gasteiger charge is -2.23. The van der Waals surface area contributed by atoms with E-state index in [-0.39, 0.29) is 6.04 Å². The number of hydrogen-bond donors (Lipinski definition) is 1. The van der Waals surface area contributed by atoms with Gasteiger partial charge in [-0.15, -0.1) is 0 Å². The van der Waals surface area contributed by atoms with Crippen molar-refractivity contribution in [3.8, 4) is 11.3 Å². The second-order valence-corrected chi connectivity index (χ2v) is 15.5. The monoisotopic (exact) mass is 472 g/mol. The topological polar surface area (TPSA) is 80.5 Å². The van der Waals surface area contributed by atoms with E-state index in [1.807, 2.05) is 29.0 Å². The molecule has 1 atom stereocenters. The van der Waals surface area contributed by atoms with Gasteiger partial charge in [0.25, 0.3) is 0 Å². The van der Waals surface area contributed by atoms with E-state index in [4.69, 9.17) is 16.3 Å². The van der Waals surface area contributed by atoms with Crippen molar-refractivity contribution in [1.82, 2.24) is 19.4 Å². The lowest BCUT2D eigenvalue weighted by atomic mass is 10.1. The van der Waals surface area contributed by atoms with Gasteiger partial charge in [0.15, 0.2) is 0 Å². The molecule has 3 heterocycles. The first-order valence-corrected chi connectivity index (χ1v) is 15.0. The van der Waals surface area contributed by atoms with Gasteiger partial charge in [-0.25, -0.2) is 14.8 Å². The molecular weight excluding hydrogens is 444 g/mol. The van der Waals surface area contributed by atoms with Crippen LogP contribution in [-0.4, -0.2) is 51.9 Å². The first-order valence-electron chi connectivity index (χ1n) is 10.9. The van der Waals surface area contributed by atoms with Crippen LogP contribution in [0.5, 0.6) is 0 Å². The second-order valence-electron chi connectivity index (χ2n) is 9.48. The maximum Gasteiger partial charge on any atom is 0.407 e. The number of imidazole rings is 1. The number of carbonyl (C=O) groups is 1. The second kappa shape index (κ2) is 9.21. The van der Waals surface area contributed by atoms with Crippen molar-refractivity contribution < 1.29 is 14.6 Å². The normalized spacial score (nSPS) is 16.8. The number of benzene rings is 1. The fraction of sp³-hybridized carbons (Fsp3) is 0.435. The van der Waals surface area contributed by atoms with E-state index in [1.54, 1.807) is 6.20 Å². The van der Waals surface area contributed by atoms with Crippen molar-refractivity contribution in [3.05, 3.63) is 47.6 Å². The molecule has 7 nitrogen and oxygen atoms in total. The van der Waals surface area contributed by atoms with Crippen LogP contribution in [-0.2, 0) is 11.5 Å². The molecule has 1 aromatic carbocycles. The molecule has 4 rings (SSSR count). The number of ether oxygens (including phenoxy) is 1. The third-order valence-electron chi connectivity index (χ3n) is 5.88. The van der Waals surface area contributed by atoms with Gasteiger partial charge in [0.2, 0.25) is 0 Å². The zero-order valence-electron chi connectivity index (χ0n) is 18.7. The zero-order valence-corrected chi connectivity index (χ0v) is 20.5. The number of hydrogen-bond acceptors (Lipinski definition) is 4. The summed E-state index contributed by atoms with van der Waals surface area (Å²) in [6, 6.07) is 8.75. The third-order valence-corrected chi connectivity index (χ3v) is 7.79. The Hall–Kier alpha value is -2.42. The molecule has 0 radical (unpaired) electrons. The highest BCUT2D eigenvalue weighted by Gasteiger charge is 2.33. The van der Waals surface area contributed by atoms with Crippen LogP contribution in [0.4, 0.5) is 4.79 Å². The van der Waals surface area contributed by atoms with Crippen molar-refractivity contribution in [2.24, 2.45) is 0 Å². The van der Waals surface area contributed by atoms with Gasteiger partial charge in [-0.05, 0) is 36.4 Å². The SMILES string of the molecule is C[Si](C)(C)CCOCn1c(-c2ccc3cc(Cl)ncc3c2)cnc1[C@@H]1CCCN1C(=O)O. The number of nitrogens with zero attached hydrogens (tertiary/aromatic N) is 4. The predicted molar refractivity (Wildman–Crippen MR) is 129 cm³/mol. The summed E-state index contributed by atoms with van der Waals surface area (Å²) in [6.07, 6.45) is 4.27. The molecule has 170 valence electrons. The van der Waals surface area contributed by atoms with Gasteiger partial charge in [-0.2, -0.15) is 0 Å². The minimum absolute atomic E-state index is 0.261. The highest BCUT2D eigenvalue weighted by Crippen LogP contribution is 2.34. The van der Waals surface area contributed by atoms with Crippen molar-refractivity contribution in [1.29, 1.82) is 0 Å². The van der Waals surface area contributed by atoms with E-state index in [2.05, 4.69) is 35.7 Å². The Kier molecular flexibility index (Phi) is 6.55. The van der Waals surface area contributed by atoms with Crippen molar-refractivity contribution in [3.63, 3.8) is 0 Å². The molecule has 9 heteroatoms. The number of carboxylic acid groups (broad SMARTS) is 1. The van der Waals surface area contributed by atoms with Crippen LogP contribution in [0.3, 0.4) is 0 Å². The summed E-state index contributed by atoms with van der Waals surface area (Å²) >= 11 is 6.03. The lowest BCUT2D eigenvalue weighted by molar-refractivity contribution is 0.0815. The maximum absolute atomic E-state index is 11.8. The Balaban J connectivity index is 1.69. The average Bonchev–Trinajstić information content (AvgIpc) is 3.37. The largest absolute Gasteiger partial charge is 0.465 e. The van der Waals surface area contributed by atoms with Gasteiger partial charge >= 0.3 is 6.09 Å². The van der Waals surface area contributed by atoms with E-state index >= 15 is 0 Å². The molecule has 1 fully saturated rings. The van der Waals surface area contributed by atoms with Crippen molar-refractivity contribution in [2.45, 2.75) is 51.3 Å². The number of pyridine rings is 1. The number of rotatable bonds is 7. The summed E-state index contributed by atoms with van der Waals surface area (Å²) in [5, 5.41) is 12.1. The maximum atomic E-state index is 11.8. The van der Waals surface area contributed by atoms with Crippen LogP contribution in [0.25, 0.3) is 22.0 Å². The molecule has 1 aliphatic heterocycles. The fourth-order valence-electron chi connectivity index (χ4n) is 4.09. The number of fused-ring (bicyclic) bond motifs is 1. The summed E-state index contributed by atoms with van der Waals surface area (Å²) in [5.41, 5.74) is 1.89. The Bertz CT molecular complexity index is 1130. The molecule has 1 amide bonds. The van der Waals surface area contributed by atoms with E-state index in [1.165, 1.54) is 4.90 Å². The number of likely N-dealkylation sites (tertiary alicyclic amines) is 1. The van der Waals surface area contributed by atoms with Gasteiger partial charge in [-0.3, -0.25) is 4.90 Å². The zero-order chi connectivity index (χ0) is 22.9. The molecule has 1 saturated heterocycles. The molecule has 0 bridgehead atoms. The highest BCUT2D eigenvalue weighted by molar-refractivity contribution is 6.76. The molecule has 0 aliphatic carbocycles. The number of aromatic nitrogens is 3. The molecule has 32 heavy (non-hydrogen) atoms. The molecule has 0 spiro atoms.